The smallest absolute Gasteiger partial charge is 0.248 e. The van der Waals surface area contributed by atoms with Gasteiger partial charge in [-0.1, -0.05) is 40.9 Å². The first-order valence-corrected chi connectivity index (χ1v) is 10.5. The summed E-state index contributed by atoms with van der Waals surface area (Å²) in [5, 5.41) is 3.73. The Bertz CT molecular complexity index is 928. The van der Waals surface area contributed by atoms with Gasteiger partial charge in [0.1, 0.15) is 6.04 Å². The van der Waals surface area contributed by atoms with E-state index in [0.717, 1.165) is 10.6 Å². The lowest BCUT2D eigenvalue weighted by Gasteiger charge is -2.28. The first kappa shape index (κ1) is 20.8. The zero-order valence-electron chi connectivity index (χ0n) is 14.3. The molecule has 1 atom stereocenters. The highest BCUT2D eigenvalue weighted by Crippen LogP contribution is 2.29. The monoisotopic (exact) mass is 434 g/mol. The second-order valence-corrected chi connectivity index (χ2v) is 8.90. The summed E-state index contributed by atoms with van der Waals surface area (Å²) in [6.45, 7) is 3.23. The van der Waals surface area contributed by atoms with E-state index in [2.05, 4.69) is 5.32 Å². The molecule has 0 radical (unpaired) electrons. The molecule has 0 aliphatic carbocycles. The molecule has 26 heavy (non-hydrogen) atoms. The van der Waals surface area contributed by atoms with E-state index in [1.165, 1.54) is 25.1 Å². The van der Waals surface area contributed by atoms with Crippen LogP contribution in [0.1, 0.15) is 12.5 Å². The maximum Gasteiger partial charge on any atom is 0.248 e. The highest BCUT2D eigenvalue weighted by atomic mass is 35.5. The molecule has 1 N–H and O–H groups in total. The average Bonchev–Trinajstić information content (AvgIpc) is 2.49. The minimum atomic E-state index is -3.78. The van der Waals surface area contributed by atoms with Gasteiger partial charge in [0.2, 0.25) is 15.9 Å². The van der Waals surface area contributed by atoms with Crippen LogP contribution >= 0.6 is 34.8 Å². The van der Waals surface area contributed by atoms with Crippen molar-refractivity contribution in [1.82, 2.24) is 0 Å². The fourth-order valence-electron chi connectivity index (χ4n) is 2.46. The number of amides is 1. The van der Waals surface area contributed by atoms with Crippen molar-refractivity contribution < 1.29 is 13.2 Å². The predicted octanol–water partition coefficient (Wildman–Crippen LogP) is 4.75. The third kappa shape index (κ3) is 4.82. The van der Waals surface area contributed by atoms with Crippen LogP contribution in [-0.4, -0.2) is 26.6 Å². The zero-order chi connectivity index (χ0) is 19.6. The Morgan fingerprint density at radius 1 is 1.12 bits per heavy atom. The summed E-state index contributed by atoms with van der Waals surface area (Å²) in [4.78, 5) is 12.7. The van der Waals surface area contributed by atoms with E-state index in [4.69, 9.17) is 34.8 Å². The molecule has 2 aromatic rings. The molecule has 1 unspecified atom stereocenters. The van der Waals surface area contributed by atoms with Crippen molar-refractivity contribution in [3.05, 3.63) is 57.0 Å². The van der Waals surface area contributed by atoms with Crippen LogP contribution in [0.15, 0.2) is 36.4 Å². The van der Waals surface area contributed by atoms with E-state index in [0.29, 0.717) is 16.3 Å². The first-order chi connectivity index (χ1) is 12.0. The maximum absolute atomic E-state index is 12.7. The molecule has 5 nitrogen and oxygen atoms in total. The minimum absolute atomic E-state index is 0.204. The van der Waals surface area contributed by atoms with Crippen molar-refractivity contribution in [2.45, 2.75) is 19.9 Å². The molecule has 0 fully saturated rings. The van der Waals surface area contributed by atoms with Gasteiger partial charge in [0.25, 0.3) is 0 Å². The van der Waals surface area contributed by atoms with Crippen LogP contribution < -0.4 is 9.62 Å². The number of nitrogens with zero attached hydrogens (tertiary/aromatic N) is 1. The number of carbonyl (C=O) groups is 1. The molecule has 2 aromatic carbocycles. The Labute approximate surface area is 167 Å². The summed E-state index contributed by atoms with van der Waals surface area (Å²) in [5.74, 6) is -0.517. The number of anilines is 2. The SMILES string of the molecule is Cc1c(Cl)cccc1NC(=O)C(C)N(c1cc(Cl)cc(Cl)c1)S(C)(=O)=O. The molecular formula is C17H17Cl3N2O3S. The Morgan fingerprint density at radius 2 is 1.69 bits per heavy atom. The summed E-state index contributed by atoms with van der Waals surface area (Å²) >= 11 is 18.0. The number of hydrogen-bond donors (Lipinski definition) is 1. The molecule has 0 spiro atoms. The summed E-state index contributed by atoms with van der Waals surface area (Å²) in [5.41, 5.74) is 1.40. The number of hydrogen-bond acceptors (Lipinski definition) is 3. The van der Waals surface area contributed by atoms with Gasteiger partial charge in [-0.15, -0.1) is 0 Å². The van der Waals surface area contributed by atoms with Gasteiger partial charge in [0.15, 0.2) is 0 Å². The van der Waals surface area contributed by atoms with Crippen LogP contribution in [0.5, 0.6) is 0 Å². The normalized spacial score (nSPS) is 12.5. The summed E-state index contributed by atoms with van der Waals surface area (Å²) in [6.07, 6.45) is 1.01. The molecule has 0 aromatic heterocycles. The molecule has 140 valence electrons. The lowest BCUT2D eigenvalue weighted by molar-refractivity contribution is -0.116. The van der Waals surface area contributed by atoms with Gasteiger partial charge >= 0.3 is 0 Å². The third-order valence-corrected chi connectivity index (χ3v) is 5.80. The molecule has 0 saturated carbocycles. The van der Waals surface area contributed by atoms with E-state index < -0.39 is 22.0 Å². The van der Waals surface area contributed by atoms with Gasteiger partial charge in [-0.3, -0.25) is 9.10 Å². The van der Waals surface area contributed by atoms with Gasteiger partial charge in [0.05, 0.1) is 11.9 Å². The molecule has 0 saturated heterocycles. The Kier molecular flexibility index (Phi) is 6.45. The average molecular weight is 436 g/mol. The molecule has 1 amide bonds. The minimum Gasteiger partial charge on any atom is -0.324 e. The Morgan fingerprint density at radius 3 is 2.23 bits per heavy atom. The molecule has 0 heterocycles. The number of sulfonamides is 1. The quantitative estimate of drug-likeness (QED) is 0.737. The van der Waals surface area contributed by atoms with Crippen LogP contribution in [-0.2, 0) is 14.8 Å². The van der Waals surface area contributed by atoms with Gasteiger partial charge in [-0.05, 0) is 49.7 Å². The number of nitrogens with one attached hydrogen (secondary N) is 1. The standard InChI is InChI=1S/C17H17Cl3N2O3S/c1-10-15(20)5-4-6-16(10)21-17(23)11(2)22(26(3,24)25)14-8-12(18)7-13(19)9-14/h4-9,11H,1-3H3,(H,21,23). The van der Waals surface area contributed by atoms with E-state index >= 15 is 0 Å². The predicted molar refractivity (Wildman–Crippen MR) is 108 cm³/mol. The second kappa shape index (κ2) is 8.05. The van der Waals surface area contributed by atoms with Crippen LogP contribution in [0.25, 0.3) is 0 Å². The highest BCUT2D eigenvalue weighted by Gasteiger charge is 2.30. The topological polar surface area (TPSA) is 66.5 Å². The first-order valence-electron chi connectivity index (χ1n) is 7.52. The van der Waals surface area contributed by atoms with E-state index in [9.17, 15) is 13.2 Å². The third-order valence-electron chi connectivity index (χ3n) is 3.72. The zero-order valence-corrected chi connectivity index (χ0v) is 17.3. The lowest BCUT2D eigenvalue weighted by atomic mass is 10.2. The van der Waals surface area contributed by atoms with Crippen molar-refractivity contribution in [3.63, 3.8) is 0 Å². The molecule has 0 aliphatic rings. The van der Waals surface area contributed by atoms with Crippen molar-refractivity contribution in [2.24, 2.45) is 0 Å². The fourth-order valence-corrected chi connectivity index (χ4v) is 4.30. The summed E-state index contributed by atoms with van der Waals surface area (Å²) < 4.78 is 25.6. The largest absolute Gasteiger partial charge is 0.324 e. The van der Waals surface area contributed by atoms with Crippen molar-refractivity contribution in [3.8, 4) is 0 Å². The van der Waals surface area contributed by atoms with E-state index in [1.54, 1.807) is 25.1 Å². The van der Waals surface area contributed by atoms with E-state index in [-0.39, 0.29) is 15.7 Å². The Balaban J connectivity index is 2.39. The number of carbonyl (C=O) groups excluding carboxylic acids is 1. The number of benzene rings is 2. The van der Waals surface area contributed by atoms with Crippen LogP contribution in [0, 0.1) is 6.92 Å². The summed E-state index contributed by atoms with van der Waals surface area (Å²) in [6, 6.07) is 8.39. The molecule has 0 aliphatic heterocycles. The molecule has 9 heteroatoms. The van der Waals surface area contributed by atoms with Gasteiger partial charge in [-0.25, -0.2) is 8.42 Å². The van der Waals surface area contributed by atoms with Gasteiger partial charge in [0, 0.05) is 20.8 Å². The Hall–Kier alpha value is -1.47. The van der Waals surface area contributed by atoms with E-state index in [1.807, 2.05) is 0 Å². The lowest BCUT2D eigenvalue weighted by Crippen LogP contribution is -2.45. The fraction of sp³-hybridized carbons (Fsp3) is 0.235. The maximum atomic E-state index is 12.7. The highest BCUT2D eigenvalue weighted by molar-refractivity contribution is 7.92. The van der Waals surface area contributed by atoms with Gasteiger partial charge in [-0.2, -0.15) is 0 Å². The number of rotatable bonds is 5. The summed E-state index contributed by atoms with van der Waals surface area (Å²) in [7, 11) is -3.78. The second-order valence-electron chi connectivity index (χ2n) is 5.76. The van der Waals surface area contributed by atoms with Crippen molar-refractivity contribution >= 4 is 62.1 Å². The van der Waals surface area contributed by atoms with Gasteiger partial charge < -0.3 is 5.32 Å². The number of halogens is 3. The molecule has 2 rings (SSSR count). The van der Waals surface area contributed by atoms with Crippen LogP contribution in [0.3, 0.4) is 0 Å². The van der Waals surface area contributed by atoms with Crippen LogP contribution in [0.2, 0.25) is 15.1 Å². The van der Waals surface area contributed by atoms with Crippen molar-refractivity contribution in [2.75, 3.05) is 15.9 Å². The van der Waals surface area contributed by atoms with Crippen LogP contribution in [0.4, 0.5) is 11.4 Å². The molecule has 0 bridgehead atoms. The molecular weight excluding hydrogens is 419 g/mol. The van der Waals surface area contributed by atoms with Crippen molar-refractivity contribution in [1.29, 1.82) is 0 Å².